The van der Waals surface area contributed by atoms with E-state index < -0.39 is 0 Å². The lowest BCUT2D eigenvalue weighted by Crippen LogP contribution is -2.37. The quantitative estimate of drug-likeness (QED) is 0.749. The van der Waals surface area contributed by atoms with Crippen LogP contribution in [0.4, 0.5) is 4.39 Å². The van der Waals surface area contributed by atoms with Crippen LogP contribution in [0.25, 0.3) is 0 Å². The Morgan fingerprint density at radius 2 is 1.45 bits per heavy atom. The third kappa shape index (κ3) is 5.79. The first-order valence-electron chi connectivity index (χ1n) is 9.98. The van der Waals surface area contributed by atoms with Crippen LogP contribution in [0.1, 0.15) is 36.8 Å². The maximum absolute atomic E-state index is 13.7. The van der Waals surface area contributed by atoms with E-state index in [0.717, 1.165) is 11.3 Å². The molecule has 0 aliphatic heterocycles. The number of benzene rings is 2. The van der Waals surface area contributed by atoms with E-state index in [0.29, 0.717) is 37.8 Å². The monoisotopic (exact) mass is 398 g/mol. The number of carbonyl (C=O) groups is 2. The number of ether oxygens (including phenoxy) is 1. The molecular formula is C23H27FN2O3. The second-order valence-electron chi connectivity index (χ2n) is 7.42. The summed E-state index contributed by atoms with van der Waals surface area (Å²) < 4.78 is 18.8. The molecule has 0 unspecified atom stereocenters. The van der Waals surface area contributed by atoms with Gasteiger partial charge in [0.1, 0.15) is 11.6 Å². The molecule has 0 bridgehead atoms. The van der Waals surface area contributed by atoms with Crippen molar-refractivity contribution in [3.8, 4) is 5.75 Å². The molecule has 1 saturated carbocycles. The van der Waals surface area contributed by atoms with Gasteiger partial charge in [-0.25, -0.2) is 4.39 Å². The minimum Gasteiger partial charge on any atom is -0.497 e. The maximum Gasteiger partial charge on any atom is 0.223 e. The molecule has 2 amide bonds. The van der Waals surface area contributed by atoms with Gasteiger partial charge in [-0.2, -0.15) is 0 Å². The predicted octanol–water partition coefficient (Wildman–Crippen LogP) is 3.57. The summed E-state index contributed by atoms with van der Waals surface area (Å²) in [5.74, 6) is 0.254. The Balaban J connectivity index is 1.40. The molecule has 6 heteroatoms. The van der Waals surface area contributed by atoms with E-state index in [1.54, 1.807) is 25.3 Å². The highest BCUT2D eigenvalue weighted by Gasteiger charge is 2.29. The molecule has 2 aromatic carbocycles. The van der Waals surface area contributed by atoms with E-state index >= 15 is 0 Å². The number of methoxy groups -OCH3 is 1. The molecule has 0 spiro atoms. The number of amides is 2. The average molecular weight is 398 g/mol. The van der Waals surface area contributed by atoms with Gasteiger partial charge in [0.25, 0.3) is 0 Å². The van der Waals surface area contributed by atoms with Gasteiger partial charge in [-0.15, -0.1) is 0 Å². The standard InChI is InChI=1S/C23H27FN2O3/c1-29-20-12-6-16(7-13-20)14-25-22(27)17-8-10-18(11-9-17)23(28)26-15-19-4-2-3-5-21(19)24/h2-7,12-13,17-18H,8-11,14-15H2,1H3,(H,25,27)(H,26,28). The van der Waals surface area contributed by atoms with Gasteiger partial charge in [-0.3, -0.25) is 9.59 Å². The lowest BCUT2D eigenvalue weighted by atomic mass is 9.81. The molecule has 1 aliphatic carbocycles. The Morgan fingerprint density at radius 1 is 0.897 bits per heavy atom. The zero-order valence-corrected chi connectivity index (χ0v) is 16.6. The third-order valence-corrected chi connectivity index (χ3v) is 5.51. The molecule has 1 fully saturated rings. The van der Waals surface area contributed by atoms with Crippen molar-refractivity contribution in [3.63, 3.8) is 0 Å². The molecule has 0 radical (unpaired) electrons. The Hall–Kier alpha value is -2.89. The van der Waals surface area contributed by atoms with Crippen LogP contribution >= 0.6 is 0 Å². The largest absolute Gasteiger partial charge is 0.497 e. The zero-order chi connectivity index (χ0) is 20.6. The Morgan fingerprint density at radius 3 is 2.00 bits per heavy atom. The van der Waals surface area contributed by atoms with E-state index in [1.807, 2.05) is 24.3 Å². The normalized spacial score (nSPS) is 18.7. The van der Waals surface area contributed by atoms with Crippen molar-refractivity contribution in [3.05, 3.63) is 65.5 Å². The van der Waals surface area contributed by atoms with Gasteiger partial charge < -0.3 is 15.4 Å². The van der Waals surface area contributed by atoms with Crippen LogP contribution in [0, 0.1) is 17.7 Å². The van der Waals surface area contributed by atoms with Crippen LogP contribution in [-0.4, -0.2) is 18.9 Å². The van der Waals surface area contributed by atoms with Crippen LogP contribution in [-0.2, 0) is 22.7 Å². The van der Waals surface area contributed by atoms with Crippen molar-refractivity contribution in [2.24, 2.45) is 11.8 Å². The second kappa shape index (κ2) is 10.0. The maximum atomic E-state index is 13.7. The highest BCUT2D eigenvalue weighted by Crippen LogP contribution is 2.29. The third-order valence-electron chi connectivity index (χ3n) is 5.51. The molecule has 1 aliphatic rings. The highest BCUT2D eigenvalue weighted by atomic mass is 19.1. The molecule has 0 saturated heterocycles. The second-order valence-corrected chi connectivity index (χ2v) is 7.42. The smallest absolute Gasteiger partial charge is 0.223 e. The van der Waals surface area contributed by atoms with Crippen LogP contribution in [0.3, 0.4) is 0 Å². The molecule has 154 valence electrons. The van der Waals surface area contributed by atoms with E-state index in [4.69, 9.17) is 4.74 Å². The van der Waals surface area contributed by atoms with Crippen LogP contribution in [0.5, 0.6) is 5.75 Å². The van der Waals surface area contributed by atoms with E-state index in [2.05, 4.69) is 10.6 Å². The number of hydrogen-bond acceptors (Lipinski definition) is 3. The average Bonchev–Trinajstić information content (AvgIpc) is 2.77. The number of nitrogens with one attached hydrogen (secondary N) is 2. The minimum absolute atomic E-state index is 0.0334. The molecule has 0 heterocycles. The molecule has 3 rings (SSSR count). The van der Waals surface area contributed by atoms with E-state index in [9.17, 15) is 14.0 Å². The fraction of sp³-hybridized carbons (Fsp3) is 0.391. The SMILES string of the molecule is COc1ccc(CNC(=O)C2CCC(C(=O)NCc3ccccc3F)CC2)cc1. The molecule has 29 heavy (non-hydrogen) atoms. The van der Waals surface area contributed by atoms with Crippen LogP contribution in [0.15, 0.2) is 48.5 Å². The van der Waals surface area contributed by atoms with Gasteiger partial charge >= 0.3 is 0 Å². The summed E-state index contributed by atoms with van der Waals surface area (Å²) in [6.07, 6.45) is 2.71. The van der Waals surface area contributed by atoms with Crippen molar-refractivity contribution in [1.82, 2.24) is 10.6 Å². The van der Waals surface area contributed by atoms with Gasteiger partial charge in [0.05, 0.1) is 7.11 Å². The number of halogens is 1. The first-order chi connectivity index (χ1) is 14.1. The highest BCUT2D eigenvalue weighted by molar-refractivity contribution is 5.81. The lowest BCUT2D eigenvalue weighted by Gasteiger charge is -2.27. The molecule has 0 aromatic heterocycles. The number of hydrogen-bond donors (Lipinski definition) is 2. The molecule has 0 atom stereocenters. The van der Waals surface area contributed by atoms with Crippen molar-refractivity contribution in [2.75, 3.05) is 7.11 Å². The summed E-state index contributed by atoms with van der Waals surface area (Å²) in [6, 6.07) is 14.0. The summed E-state index contributed by atoms with van der Waals surface area (Å²) in [5.41, 5.74) is 1.49. The number of rotatable bonds is 7. The minimum atomic E-state index is -0.315. The summed E-state index contributed by atoms with van der Waals surface area (Å²) in [5, 5.41) is 5.80. The van der Waals surface area contributed by atoms with Crippen molar-refractivity contribution in [1.29, 1.82) is 0 Å². The summed E-state index contributed by atoms with van der Waals surface area (Å²) in [7, 11) is 1.62. The molecule has 2 aromatic rings. The topological polar surface area (TPSA) is 67.4 Å². The van der Waals surface area contributed by atoms with Gasteiger partial charge in [0.2, 0.25) is 11.8 Å². The summed E-state index contributed by atoms with van der Waals surface area (Å²) in [4.78, 5) is 24.8. The molecular weight excluding hydrogens is 371 g/mol. The van der Waals surface area contributed by atoms with E-state index in [1.165, 1.54) is 6.07 Å². The Kier molecular flexibility index (Phi) is 7.22. The lowest BCUT2D eigenvalue weighted by molar-refractivity contribution is -0.130. The summed E-state index contributed by atoms with van der Waals surface area (Å²) >= 11 is 0. The summed E-state index contributed by atoms with van der Waals surface area (Å²) in [6.45, 7) is 0.666. The van der Waals surface area contributed by atoms with Crippen molar-refractivity contribution in [2.45, 2.75) is 38.8 Å². The molecule has 5 nitrogen and oxygen atoms in total. The van der Waals surface area contributed by atoms with Crippen LogP contribution in [0.2, 0.25) is 0 Å². The zero-order valence-electron chi connectivity index (χ0n) is 16.6. The van der Waals surface area contributed by atoms with E-state index in [-0.39, 0.29) is 36.0 Å². The first-order valence-corrected chi connectivity index (χ1v) is 9.98. The number of carbonyl (C=O) groups excluding carboxylic acids is 2. The fourth-order valence-corrected chi connectivity index (χ4v) is 3.66. The van der Waals surface area contributed by atoms with Crippen molar-refractivity contribution >= 4 is 11.8 Å². The Labute approximate surface area is 170 Å². The van der Waals surface area contributed by atoms with Gasteiger partial charge in [0, 0.05) is 30.5 Å². The van der Waals surface area contributed by atoms with Gasteiger partial charge in [0.15, 0.2) is 0 Å². The predicted molar refractivity (Wildman–Crippen MR) is 109 cm³/mol. The van der Waals surface area contributed by atoms with Crippen molar-refractivity contribution < 1.29 is 18.7 Å². The first kappa shape index (κ1) is 20.8. The van der Waals surface area contributed by atoms with Gasteiger partial charge in [-0.05, 0) is 49.4 Å². The van der Waals surface area contributed by atoms with Gasteiger partial charge in [-0.1, -0.05) is 30.3 Å². The fourth-order valence-electron chi connectivity index (χ4n) is 3.66. The molecule has 2 N–H and O–H groups in total. The van der Waals surface area contributed by atoms with Crippen LogP contribution < -0.4 is 15.4 Å². The Bertz CT molecular complexity index is 830.